The second kappa shape index (κ2) is 8.07. The van der Waals surface area contributed by atoms with Crippen LogP contribution in [0.4, 0.5) is 15.2 Å². The molecule has 0 aliphatic rings. The highest BCUT2D eigenvalue weighted by atomic mass is 32.2. The summed E-state index contributed by atoms with van der Waals surface area (Å²) in [5.74, 6) is -0.349. The number of thiazole rings is 1. The number of nitrogens with zero attached hydrogens (tertiary/aromatic N) is 3. The summed E-state index contributed by atoms with van der Waals surface area (Å²) in [6, 6.07) is 10.6. The summed E-state index contributed by atoms with van der Waals surface area (Å²) in [4.78, 5) is 16.3. The number of rotatable bonds is 6. The second-order valence-corrected chi connectivity index (χ2v) is 7.18. The average Bonchev–Trinajstić information content (AvgIpc) is 3.03. The van der Waals surface area contributed by atoms with E-state index in [0.29, 0.717) is 15.6 Å². The molecule has 0 spiro atoms. The smallest absolute Gasteiger partial charge is 0.258 e. The van der Waals surface area contributed by atoms with Crippen LogP contribution in [-0.4, -0.2) is 16.1 Å². The molecule has 0 bridgehead atoms. The molecule has 1 N–H and O–H groups in total. The van der Waals surface area contributed by atoms with Crippen LogP contribution in [0.15, 0.2) is 62.7 Å². The van der Waals surface area contributed by atoms with E-state index in [1.54, 1.807) is 24.3 Å². The third-order valence-corrected chi connectivity index (χ3v) is 5.15. The Morgan fingerprint density at radius 3 is 2.73 bits per heavy atom. The number of aromatic nitrogens is 1. The van der Waals surface area contributed by atoms with E-state index in [1.165, 1.54) is 47.5 Å². The number of halogens is 1. The fourth-order valence-corrected chi connectivity index (χ4v) is 3.58. The molecule has 26 heavy (non-hydrogen) atoms. The van der Waals surface area contributed by atoms with Crippen LogP contribution in [0.3, 0.4) is 0 Å². The monoisotopic (exact) mass is 388 g/mol. The zero-order valence-corrected chi connectivity index (χ0v) is 15.2. The molecular weight excluding hydrogens is 375 g/mol. The van der Waals surface area contributed by atoms with Crippen LogP contribution in [0, 0.1) is 22.9 Å². The summed E-state index contributed by atoms with van der Waals surface area (Å²) < 4.78 is 13.0. The first-order valence-corrected chi connectivity index (χ1v) is 9.14. The highest BCUT2D eigenvalue weighted by molar-refractivity contribution is 7.99. The van der Waals surface area contributed by atoms with E-state index in [9.17, 15) is 14.5 Å². The average molecular weight is 388 g/mol. The lowest BCUT2D eigenvalue weighted by Gasteiger charge is -2.04. The van der Waals surface area contributed by atoms with E-state index in [0.717, 1.165) is 10.6 Å². The van der Waals surface area contributed by atoms with Crippen LogP contribution in [0.1, 0.15) is 11.3 Å². The number of nitrogens with one attached hydrogen (secondary N) is 1. The van der Waals surface area contributed by atoms with E-state index >= 15 is 0 Å². The van der Waals surface area contributed by atoms with Crippen molar-refractivity contribution in [1.29, 1.82) is 0 Å². The predicted octanol–water partition coefficient (Wildman–Crippen LogP) is 5.10. The standard InChI is InChI=1S/C17H13FN4O2S2/c1-11-10-25-17(20-11)21-19-9-12-2-7-16(15(8-12)22(23)24)26-14-5-3-13(18)4-6-14/h2-10H,1H3,(H,20,21). The fraction of sp³-hybridized carbons (Fsp3) is 0.0588. The van der Waals surface area contributed by atoms with Gasteiger partial charge >= 0.3 is 0 Å². The minimum Gasteiger partial charge on any atom is -0.258 e. The van der Waals surface area contributed by atoms with Crippen LogP contribution in [0.2, 0.25) is 0 Å². The Bertz CT molecular complexity index is 958. The number of nitro benzene ring substituents is 1. The van der Waals surface area contributed by atoms with Crippen LogP contribution in [0.25, 0.3) is 0 Å². The first-order valence-electron chi connectivity index (χ1n) is 7.44. The third-order valence-electron chi connectivity index (χ3n) is 3.21. The molecule has 3 rings (SSSR count). The molecule has 0 aliphatic heterocycles. The summed E-state index contributed by atoms with van der Waals surface area (Å²) in [5.41, 5.74) is 4.23. The van der Waals surface area contributed by atoms with Crippen molar-refractivity contribution in [2.45, 2.75) is 16.7 Å². The molecule has 0 unspecified atom stereocenters. The minimum absolute atomic E-state index is 0.0339. The molecule has 0 amide bonds. The topological polar surface area (TPSA) is 80.4 Å². The van der Waals surface area contributed by atoms with Crippen LogP contribution in [-0.2, 0) is 0 Å². The quantitative estimate of drug-likeness (QED) is 0.361. The molecule has 0 fully saturated rings. The number of hydrazone groups is 1. The zero-order chi connectivity index (χ0) is 18.5. The maximum absolute atomic E-state index is 13.0. The Labute approximate surface area is 156 Å². The molecule has 0 aliphatic carbocycles. The molecule has 1 aromatic heterocycles. The van der Waals surface area contributed by atoms with E-state index in [4.69, 9.17) is 0 Å². The van der Waals surface area contributed by atoms with Crippen LogP contribution in [0.5, 0.6) is 0 Å². The Kier molecular flexibility index (Phi) is 5.59. The first kappa shape index (κ1) is 18.0. The Morgan fingerprint density at radius 1 is 1.31 bits per heavy atom. The van der Waals surface area contributed by atoms with E-state index in [-0.39, 0.29) is 11.5 Å². The van der Waals surface area contributed by atoms with Gasteiger partial charge in [-0.2, -0.15) is 5.10 Å². The summed E-state index contributed by atoms with van der Waals surface area (Å²) >= 11 is 2.63. The molecule has 1 heterocycles. The number of anilines is 1. The van der Waals surface area contributed by atoms with Crippen molar-refractivity contribution >= 4 is 40.1 Å². The summed E-state index contributed by atoms with van der Waals surface area (Å²) in [7, 11) is 0. The van der Waals surface area contributed by atoms with Gasteiger partial charge in [-0.25, -0.2) is 9.37 Å². The minimum atomic E-state index is -0.444. The van der Waals surface area contributed by atoms with Gasteiger partial charge in [0.25, 0.3) is 5.69 Å². The molecule has 0 radical (unpaired) electrons. The van der Waals surface area contributed by atoms with Gasteiger partial charge in [0.2, 0.25) is 5.13 Å². The predicted molar refractivity (Wildman–Crippen MR) is 102 cm³/mol. The Hall–Kier alpha value is -2.78. The van der Waals surface area contributed by atoms with Gasteiger partial charge in [0.15, 0.2) is 0 Å². The normalized spacial score (nSPS) is 11.0. The van der Waals surface area contributed by atoms with Crippen molar-refractivity contribution in [1.82, 2.24) is 4.98 Å². The molecule has 2 aromatic carbocycles. The number of aryl methyl sites for hydroxylation is 1. The molecule has 0 saturated heterocycles. The van der Waals surface area contributed by atoms with Crippen molar-refractivity contribution < 1.29 is 9.31 Å². The van der Waals surface area contributed by atoms with Gasteiger partial charge in [0.05, 0.1) is 21.7 Å². The van der Waals surface area contributed by atoms with Gasteiger partial charge in [0, 0.05) is 21.9 Å². The largest absolute Gasteiger partial charge is 0.283 e. The molecular formula is C17H13FN4O2S2. The van der Waals surface area contributed by atoms with Gasteiger partial charge in [-0.15, -0.1) is 11.3 Å². The fourth-order valence-electron chi connectivity index (χ4n) is 2.04. The number of nitro groups is 1. The molecule has 0 saturated carbocycles. The van der Waals surface area contributed by atoms with E-state index in [2.05, 4.69) is 15.5 Å². The van der Waals surface area contributed by atoms with Gasteiger partial charge in [0.1, 0.15) is 5.82 Å². The molecule has 3 aromatic rings. The lowest BCUT2D eigenvalue weighted by Crippen LogP contribution is -1.95. The summed E-state index contributed by atoms with van der Waals surface area (Å²) in [6.45, 7) is 1.88. The molecule has 132 valence electrons. The Balaban J connectivity index is 1.77. The van der Waals surface area contributed by atoms with Crippen molar-refractivity contribution in [2.75, 3.05) is 5.43 Å². The summed E-state index contributed by atoms with van der Waals surface area (Å²) in [6.07, 6.45) is 1.50. The second-order valence-electron chi connectivity index (χ2n) is 5.20. The maximum Gasteiger partial charge on any atom is 0.283 e. The van der Waals surface area contributed by atoms with Crippen molar-refractivity contribution in [3.63, 3.8) is 0 Å². The highest BCUT2D eigenvalue weighted by Gasteiger charge is 2.15. The van der Waals surface area contributed by atoms with Crippen molar-refractivity contribution in [2.24, 2.45) is 5.10 Å². The first-order chi connectivity index (χ1) is 12.5. The lowest BCUT2D eigenvalue weighted by molar-refractivity contribution is -0.387. The zero-order valence-electron chi connectivity index (χ0n) is 13.5. The van der Waals surface area contributed by atoms with E-state index in [1.807, 2.05) is 12.3 Å². The number of hydrogen-bond donors (Lipinski definition) is 1. The number of benzene rings is 2. The third kappa shape index (κ3) is 4.64. The van der Waals surface area contributed by atoms with Crippen LogP contribution < -0.4 is 5.43 Å². The van der Waals surface area contributed by atoms with Gasteiger partial charge in [-0.05, 0) is 37.3 Å². The summed E-state index contributed by atoms with van der Waals surface area (Å²) in [5, 5.41) is 18.0. The molecule has 9 heteroatoms. The number of hydrogen-bond acceptors (Lipinski definition) is 7. The van der Waals surface area contributed by atoms with Gasteiger partial charge in [-0.3, -0.25) is 15.5 Å². The lowest BCUT2D eigenvalue weighted by atomic mass is 10.2. The van der Waals surface area contributed by atoms with Crippen molar-refractivity contribution in [3.05, 3.63) is 75.0 Å². The van der Waals surface area contributed by atoms with Crippen LogP contribution >= 0.6 is 23.1 Å². The SMILES string of the molecule is Cc1csc(NN=Cc2ccc(Sc3ccc(F)cc3)c([N+](=O)[O-])c2)n1. The highest BCUT2D eigenvalue weighted by Crippen LogP contribution is 2.35. The molecule has 6 nitrogen and oxygen atoms in total. The van der Waals surface area contributed by atoms with Gasteiger partial charge in [-0.1, -0.05) is 17.8 Å². The maximum atomic E-state index is 13.0. The van der Waals surface area contributed by atoms with E-state index < -0.39 is 4.92 Å². The Morgan fingerprint density at radius 2 is 2.08 bits per heavy atom. The van der Waals surface area contributed by atoms with Gasteiger partial charge < -0.3 is 0 Å². The molecule has 0 atom stereocenters. The van der Waals surface area contributed by atoms with Crippen molar-refractivity contribution in [3.8, 4) is 0 Å².